The molecule has 7 nitrogen and oxygen atoms in total. The largest absolute Gasteiger partial charge is 0.494 e. The SMILES string of the molecule is CCC(C)(C)C(=O)OCc1cc2ccc(OCCCCN3CCN(c4cccc(Cl)c4Cl)CC3)cc2[nH]c1=O. The summed E-state index contributed by atoms with van der Waals surface area (Å²) in [5.41, 5.74) is 1.29. The topological polar surface area (TPSA) is 74.9 Å². The molecule has 0 aliphatic carbocycles. The van der Waals surface area contributed by atoms with Crippen LogP contribution in [-0.4, -0.2) is 55.2 Å². The van der Waals surface area contributed by atoms with E-state index in [1.54, 1.807) is 6.07 Å². The number of halogens is 2. The van der Waals surface area contributed by atoms with Crippen LogP contribution < -0.4 is 15.2 Å². The Morgan fingerprint density at radius 2 is 1.82 bits per heavy atom. The molecule has 0 unspecified atom stereocenters. The molecule has 9 heteroatoms. The summed E-state index contributed by atoms with van der Waals surface area (Å²) in [4.78, 5) is 32.4. The van der Waals surface area contributed by atoms with Crippen molar-refractivity contribution in [3.8, 4) is 5.75 Å². The molecule has 4 rings (SSSR count). The Labute approximate surface area is 240 Å². The molecule has 0 radical (unpaired) electrons. The van der Waals surface area contributed by atoms with Gasteiger partial charge in [-0.25, -0.2) is 0 Å². The average Bonchev–Trinajstić information content (AvgIpc) is 2.93. The minimum Gasteiger partial charge on any atom is -0.494 e. The predicted molar refractivity (Wildman–Crippen MR) is 158 cm³/mol. The van der Waals surface area contributed by atoms with E-state index < -0.39 is 5.41 Å². The highest BCUT2D eigenvalue weighted by molar-refractivity contribution is 6.43. The molecule has 0 amide bonds. The molecule has 210 valence electrons. The fourth-order valence-corrected chi connectivity index (χ4v) is 4.90. The van der Waals surface area contributed by atoms with Crippen molar-refractivity contribution in [3.63, 3.8) is 0 Å². The number of nitrogens with zero attached hydrogens (tertiary/aromatic N) is 2. The molecule has 1 saturated heterocycles. The van der Waals surface area contributed by atoms with Crippen molar-refractivity contribution in [1.82, 2.24) is 9.88 Å². The normalized spacial score (nSPS) is 14.5. The van der Waals surface area contributed by atoms with E-state index in [0.29, 0.717) is 39.9 Å². The number of nitrogens with one attached hydrogen (secondary N) is 1. The van der Waals surface area contributed by atoms with Crippen LogP contribution in [0.1, 0.15) is 45.6 Å². The van der Waals surface area contributed by atoms with Crippen molar-refractivity contribution >= 4 is 45.8 Å². The summed E-state index contributed by atoms with van der Waals surface area (Å²) in [7, 11) is 0. The molecule has 1 N–H and O–H groups in total. The van der Waals surface area contributed by atoms with Crippen LogP contribution in [0, 0.1) is 5.41 Å². The Kier molecular flexibility index (Phi) is 9.81. The number of fused-ring (bicyclic) bond motifs is 1. The van der Waals surface area contributed by atoms with E-state index in [0.717, 1.165) is 56.6 Å². The summed E-state index contributed by atoms with van der Waals surface area (Å²) >= 11 is 12.6. The van der Waals surface area contributed by atoms with E-state index in [1.165, 1.54) is 0 Å². The van der Waals surface area contributed by atoms with Crippen LogP contribution in [0.15, 0.2) is 47.3 Å². The van der Waals surface area contributed by atoms with Crippen molar-refractivity contribution in [2.75, 3.05) is 44.2 Å². The number of hydrogen-bond acceptors (Lipinski definition) is 6. The Morgan fingerprint density at radius 1 is 1.05 bits per heavy atom. The van der Waals surface area contributed by atoms with Gasteiger partial charge in [0.05, 0.1) is 38.8 Å². The van der Waals surface area contributed by atoms with E-state index in [4.69, 9.17) is 32.7 Å². The minimum absolute atomic E-state index is 0.0464. The summed E-state index contributed by atoms with van der Waals surface area (Å²) in [5.74, 6) is 0.409. The molecule has 1 fully saturated rings. The number of unbranched alkanes of at least 4 members (excludes halogenated alkanes) is 1. The summed E-state index contributed by atoms with van der Waals surface area (Å²) in [6.45, 7) is 11.0. The fraction of sp³-hybridized carbons (Fsp3) is 0.467. The van der Waals surface area contributed by atoms with Crippen LogP contribution in [0.2, 0.25) is 10.0 Å². The molecule has 2 heterocycles. The maximum atomic E-state index is 12.6. The zero-order chi connectivity index (χ0) is 28.0. The molecule has 1 aromatic heterocycles. The highest BCUT2D eigenvalue weighted by atomic mass is 35.5. The van der Waals surface area contributed by atoms with Crippen molar-refractivity contribution in [2.24, 2.45) is 5.41 Å². The molecular formula is C30H37Cl2N3O4. The molecular weight excluding hydrogens is 537 g/mol. The molecule has 39 heavy (non-hydrogen) atoms. The van der Waals surface area contributed by atoms with E-state index >= 15 is 0 Å². The van der Waals surface area contributed by atoms with Gasteiger partial charge >= 0.3 is 5.97 Å². The number of carbonyl (C=O) groups excluding carboxylic acids is 1. The molecule has 1 aliphatic heterocycles. The highest BCUT2D eigenvalue weighted by Gasteiger charge is 2.27. The monoisotopic (exact) mass is 573 g/mol. The number of aromatic nitrogens is 1. The van der Waals surface area contributed by atoms with E-state index in [1.807, 2.05) is 57.2 Å². The van der Waals surface area contributed by atoms with Crippen LogP contribution in [-0.2, 0) is 16.1 Å². The molecule has 3 aromatic rings. The van der Waals surface area contributed by atoms with E-state index in [-0.39, 0.29) is 18.1 Å². The number of anilines is 1. The van der Waals surface area contributed by atoms with Crippen molar-refractivity contribution in [1.29, 1.82) is 0 Å². The Balaban J connectivity index is 1.20. The first kappa shape index (κ1) is 29.2. The Bertz CT molecular complexity index is 1350. The number of esters is 1. The zero-order valence-electron chi connectivity index (χ0n) is 22.9. The van der Waals surface area contributed by atoms with Gasteiger partial charge in [0.15, 0.2) is 0 Å². The lowest BCUT2D eigenvalue weighted by Crippen LogP contribution is -2.46. The number of H-pyrrole nitrogens is 1. The number of carbonyl (C=O) groups is 1. The van der Waals surface area contributed by atoms with E-state index in [2.05, 4.69) is 14.8 Å². The Morgan fingerprint density at radius 3 is 2.56 bits per heavy atom. The van der Waals surface area contributed by atoms with Crippen LogP contribution in [0.5, 0.6) is 5.75 Å². The van der Waals surface area contributed by atoms with Gasteiger partial charge in [-0.05, 0) is 75.4 Å². The maximum Gasteiger partial charge on any atom is 0.311 e. The van der Waals surface area contributed by atoms with Gasteiger partial charge in [0.25, 0.3) is 5.56 Å². The van der Waals surface area contributed by atoms with Gasteiger partial charge in [0.1, 0.15) is 12.4 Å². The highest BCUT2D eigenvalue weighted by Crippen LogP contribution is 2.33. The van der Waals surface area contributed by atoms with Gasteiger partial charge in [-0.15, -0.1) is 0 Å². The third kappa shape index (κ3) is 7.47. The first-order valence-corrected chi connectivity index (χ1v) is 14.3. The number of hydrogen-bond donors (Lipinski definition) is 1. The third-order valence-corrected chi connectivity index (χ3v) is 8.28. The summed E-state index contributed by atoms with van der Waals surface area (Å²) in [5, 5.41) is 2.08. The third-order valence-electron chi connectivity index (χ3n) is 7.47. The number of rotatable bonds is 11. The van der Waals surface area contributed by atoms with Gasteiger partial charge in [0.2, 0.25) is 0 Å². The van der Waals surface area contributed by atoms with Crippen LogP contribution >= 0.6 is 23.2 Å². The van der Waals surface area contributed by atoms with Crippen molar-refractivity contribution < 1.29 is 14.3 Å². The van der Waals surface area contributed by atoms with Crippen LogP contribution in [0.25, 0.3) is 10.9 Å². The second-order valence-corrected chi connectivity index (χ2v) is 11.4. The number of ether oxygens (including phenoxy) is 2. The summed E-state index contributed by atoms with van der Waals surface area (Å²) in [6, 6.07) is 13.2. The predicted octanol–water partition coefficient (Wildman–Crippen LogP) is 6.30. The summed E-state index contributed by atoms with van der Waals surface area (Å²) < 4.78 is 11.3. The van der Waals surface area contributed by atoms with Gasteiger partial charge in [-0.2, -0.15) is 0 Å². The number of aromatic amines is 1. The first-order chi connectivity index (χ1) is 18.7. The standard InChI is InChI=1S/C30H37Cl2N3O4/c1-4-30(2,3)29(37)39-20-22-18-21-10-11-23(19-25(21)33-28(22)36)38-17-6-5-12-34-13-15-35(16-14-34)26-9-7-8-24(31)27(26)32/h7-11,18-19H,4-6,12-17,20H2,1-3H3,(H,33,36). The number of benzene rings is 2. The van der Waals surface area contributed by atoms with Crippen LogP contribution in [0.4, 0.5) is 5.69 Å². The Hall–Kier alpha value is -2.74. The van der Waals surface area contributed by atoms with Crippen molar-refractivity contribution in [3.05, 3.63) is 68.4 Å². The lowest BCUT2D eigenvalue weighted by molar-refractivity contribution is -0.155. The molecule has 0 spiro atoms. The first-order valence-electron chi connectivity index (χ1n) is 13.6. The number of pyridine rings is 1. The fourth-order valence-electron chi connectivity index (χ4n) is 4.48. The number of piperazine rings is 1. The molecule has 1 aliphatic rings. The second-order valence-electron chi connectivity index (χ2n) is 10.6. The van der Waals surface area contributed by atoms with Gasteiger partial charge in [0, 0.05) is 32.2 Å². The smallest absolute Gasteiger partial charge is 0.311 e. The molecule has 0 atom stereocenters. The second kappa shape index (κ2) is 13.1. The minimum atomic E-state index is -0.572. The quantitative estimate of drug-likeness (QED) is 0.214. The van der Waals surface area contributed by atoms with Gasteiger partial charge in [-0.1, -0.05) is 36.2 Å². The van der Waals surface area contributed by atoms with Crippen LogP contribution in [0.3, 0.4) is 0 Å². The van der Waals surface area contributed by atoms with Crippen molar-refractivity contribution in [2.45, 2.75) is 46.6 Å². The van der Waals surface area contributed by atoms with E-state index in [9.17, 15) is 9.59 Å². The van der Waals surface area contributed by atoms with Gasteiger partial charge in [-0.3, -0.25) is 14.5 Å². The lowest BCUT2D eigenvalue weighted by atomic mass is 9.91. The zero-order valence-corrected chi connectivity index (χ0v) is 24.4. The lowest BCUT2D eigenvalue weighted by Gasteiger charge is -2.36. The molecule has 0 saturated carbocycles. The molecule has 0 bridgehead atoms. The average molecular weight is 575 g/mol. The van der Waals surface area contributed by atoms with Gasteiger partial charge < -0.3 is 19.4 Å². The summed E-state index contributed by atoms with van der Waals surface area (Å²) in [6.07, 6.45) is 2.65. The maximum absolute atomic E-state index is 12.6. The molecule has 2 aromatic carbocycles.